The summed E-state index contributed by atoms with van der Waals surface area (Å²) in [6, 6.07) is 16.5. The SMILES string of the molecule is O=C(Nc1ccc2c3c(cccc13)CC2)C1CCN(Cc2ccc(Cl)c(Cl)c2)CC1. The minimum Gasteiger partial charge on any atom is -0.325 e. The number of anilines is 1. The molecule has 1 amide bonds. The quantitative estimate of drug-likeness (QED) is 0.533. The molecular weight excluding hydrogens is 415 g/mol. The average Bonchev–Trinajstić information content (AvgIpc) is 3.18. The summed E-state index contributed by atoms with van der Waals surface area (Å²) in [6.07, 6.45) is 3.94. The Balaban J connectivity index is 1.23. The van der Waals surface area contributed by atoms with Crippen molar-refractivity contribution >= 4 is 45.6 Å². The Bertz CT molecular complexity index is 1110. The van der Waals surface area contributed by atoms with Crippen LogP contribution in [0.4, 0.5) is 5.69 Å². The summed E-state index contributed by atoms with van der Waals surface area (Å²) in [7, 11) is 0. The topological polar surface area (TPSA) is 32.3 Å². The van der Waals surface area contributed by atoms with Gasteiger partial charge in [-0.2, -0.15) is 0 Å². The molecule has 0 radical (unpaired) electrons. The molecule has 0 saturated carbocycles. The number of rotatable bonds is 4. The molecule has 154 valence electrons. The molecule has 1 fully saturated rings. The molecule has 3 aromatic rings. The maximum Gasteiger partial charge on any atom is 0.227 e. The predicted octanol–water partition coefficient (Wildman–Crippen LogP) is 6.10. The molecule has 3 aromatic carbocycles. The van der Waals surface area contributed by atoms with Crippen molar-refractivity contribution in [2.45, 2.75) is 32.2 Å². The maximum atomic E-state index is 13.0. The van der Waals surface area contributed by atoms with Gasteiger partial charge in [0.1, 0.15) is 0 Å². The molecule has 1 saturated heterocycles. The number of nitrogens with one attached hydrogen (secondary N) is 1. The molecule has 0 unspecified atom stereocenters. The van der Waals surface area contributed by atoms with Gasteiger partial charge in [-0.25, -0.2) is 0 Å². The zero-order chi connectivity index (χ0) is 20.7. The summed E-state index contributed by atoms with van der Waals surface area (Å²) in [6.45, 7) is 2.64. The van der Waals surface area contributed by atoms with Crippen LogP contribution in [0.3, 0.4) is 0 Å². The van der Waals surface area contributed by atoms with Crippen molar-refractivity contribution in [3.63, 3.8) is 0 Å². The molecule has 0 atom stereocenters. The normalized spacial score (nSPS) is 16.9. The smallest absolute Gasteiger partial charge is 0.227 e. The third-order valence-electron chi connectivity index (χ3n) is 6.48. The molecule has 0 aromatic heterocycles. The summed E-state index contributed by atoms with van der Waals surface area (Å²) in [5.41, 5.74) is 4.89. The number of hydrogen-bond acceptors (Lipinski definition) is 2. The van der Waals surface area contributed by atoms with E-state index in [1.54, 1.807) is 0 Å². The Kier molecular flexibility index (Phi) is 5.44. The van der Waals surface area contributed by atoms with Crippen LogP contribution in [0.5, 0.6) is 0 Å². The second-order valence-electron chi connectivity index (χ2n) is 8.40. The second-order valence-corrected chi connectivity index (χ2v) is 9.21. The molecular formula is C25H24Cl2N2O. The molecule has 1 aliphatic heterocycles. The van der Waals surface area contributed by atoms with Crippen molar-refractivity contribution in [1.29, 1.82) is 0 Å². The van der Waals surface area contributed by atoms with E-state index < -0.39 is 0 Å². The Morgan fingerprint density at radius 3 is 2.50 bits per heavy atom. The van der Waals surface area contributed by atoms with Gasteiger partial charge >= 0.3 is 0 Å². The lowest BCUT2D eigenvalue weighted by Crippen LogP contribution is -2.37. The zero-order valence-electron chi connectivity index (χ0n) is 16.8. The van der Waals surface area contributed by atoms with Gasteiger partial charge in [-0.1, -0.05) is 53.5 Å². The first-order chi connectivity index (χ1) is 14.6. The number of carbonyl (C=O) groups excluding carboxylic acids is 1. The highest BCUT2D eigenvalue weighted by Crippen LogP contribution is 2.35. The van der Waals surface area contributed by atoms with Crippen molar-refractivity contribution in [3.8, 4) is 0 Å². The highest BCUT2D eigenvalue weighted by Gasteiger charge is 2.26. The van der Waals surface area contributed by atoms with E-state index in [0.717, 1.165) is 56.6 Å². The highest BCUT2D eigenvalue weighted by atomic mass is 35.5. The van der Waals surface area contributed by atoms with Crippen LogP contribution in [0.15, 0.2) is 48.5 Å². The van der Waals surface area contributed by atoms with Crippen molar-refractivity contribution in [1.82, 2.24) is 4.90 Å². The van der Waals surface area contributed by atoms with Gasteiger partial charge in [-0.05, 0) is 79.0 Å². The Labute approximate surface area is 187 Å². The highest BCUT2D eigenvalue weighted by molar-refractivity contribution is 6.42. The number of carbonyl (C=O) groups is 1. The van der Waals surface area contributed by atoms with Gasteiger partial charge in [0.2, 0.25) is 5.91 Å². The van der Waals surface area contributed by atoms with E-state index in [0.29, 0.717) is 10.0 Å². The lowest BCUT2D eigenvalue weighted by Gasteiger charge is -2.31. The number of halogens is 2. The van der Waals surface area contributed by atoms with E-state index >= 15 is 0 Å². The van der Waals surface area contributed by atoms with Gasteiger partial charge in [-0.3, -0.25) is 9.69 Å². The molecule has 3 nitrogen and oxygen atoms in total. The number of hydrogen-bond donors (Lipinski definition) is 1. The first-order valence-electron chi connectivity index (χ1n) is 10.6. The third kappa shape index (κ3) is 3.82. The summed E-state index contributed by atoms with van der Waals surface area (Å²) < 4.78 is 0. The largest absolute Gasteiger partial charge is 0.325 e. The maximum absolute atomic E-state index is 13.0. The van der Waals surface area contributed by atoms with Crippen molar-refractivity contribution in [3.05, 3.63) is 75.3 Å². The van der Waals surface area contributed by atoms with E-state index in [9.17, 15) is 4.79 Å². The van der Waals surface area contributed by atoms with Gasteiger partial charge in [0.05, 0.1) is 10.0 Å². The lowest BCUT2D eigenvalue weighted by atomic mass is 9.95. The third-order valence-corrected chi connectivity index (χ3v) is 7.22. The van der Waals surface area contributed by atoms with Crippen LogP contribution in [0.25, 0.3) is 10.8 Å². The fourth-order valence-corrected chi connectivity index (χ4v) is 5.16. The molecule has 2 aliphatic rings. The van der Waals surface area contributed by atoms with Gasteiger partial charge < -0.3 is 5.32 Å². The molecule has 5 heteroatoms. The number of aryl methyl sites for hydroxylation is 2. The van der Waals surface area contributed by atoms with E-state index in [1.807, 2.05) is 18.2 Å². The Morgan fingerprint density at radius 1 is 0.967 bits per heavy atom. The first-order valence-corrected chi connectivity index (χ1v) is 11.3. The van der Waals surface area contributed by atoms with Crippen LogP contribution in [-0.2, 0) is 24.2 Å². The predicted molar refractivity (Wildman–Crippen MR) is 124 cm³/mol. The zero-order valence-corrected chi connectivity index (χ0v) is 18.3. The monoisotopic (exact) mass is 438 g/mol. The molecule has 0 spiro atoms. The number of nitrogens with zero attached hydrogens (tertiary/aromatic N) is 1. The minimum absolute atomic E-state index is 0.0538. The minimum atomic E-state index is 0.0538. The fourth-order valence-electron chi connectivity index (χ4n) is 4.84. The lowest BCUT2D eigenvalue weighted by molar-refractivity contribution is -0.121. The summed E-state index contributed by atoms with van der Waals surface area (Å²) >= 11 is 12.1. The van der Waals surface area contributed by atoms with Crippen LogP contribution in [0.1, 0.15) is 29.5 Å². The Hall–Kier alpha value is -2.07. The van der Waals surface area contributed by atoms with Crippen LogP contribution in [0, 0.1) is 5.92 Å². The summed E-state index contributed by atoms with van der Waals surface area (Å²) in [4.78, 5) is 15.4. The first kappa shape index (κ1) is 19.9. The molecule has 1 aliphatic carbocycles. The van der Waals surface area contributed by atoms with E-state index in [4.69, 9.17) is 23.2 Å². The Morgan fingerprint density at radius 2 is 1.73 bits per heavy atom. The van der Waals surface area contributed by atoms with Crippen molar-refractivity contribution in [2.24, 2.45) is 5.92 Å². The van der Waals surface area contributed by atoms with Crippen molar-refractivity contribution in [2.75, 3.05) is 18.4 Å². The number of benzene rings is 3. The molecule has 1 N–H and O–H groups in total. The van der Waals surface area contributed by atoms with E-state index in [-0.39, 0.29) is 11.8 Å². The van der Waals surface area contributed by atoms with Crippen molar-refractivity contribution < 1.29 is 4.79 Å². The second kappa shape index (κ2) is 8.22. The van der Waals surface area contributed by atoms with Gasteiger partial charge in [0, 0.05) is 23.5 Å². The standard InChI is InChI=1S/C25H24Cl2N2O/c26-21-8-4-16(14-22(21)27)15-29-12-10-19(11-13-29)25(30)28-23-9-7-18-6-5-17-2-1-3-20(23)24(17)18/h1-4,7-9,14,19H,5-6,10-13,15H2,(H,28,30). The molecule has 30 heavy (non-hydrogen) atoms. The molecule has 5 rings (SSSR count). The van der Waals surface area contributed by atoms with Crippen LogP contribution < -0.4 is 5.32 Å². The van der Waals surface area contributed by atoms with E-state index in [2.05, 4.69) is 40.5 Å². The number of likely N-dealkylation sites (tertiary alicyclic amines) is 1. The molecule has 1 heterocycles. The van der Waals surface area contributed by atoms with Crippen LogP contribution in [-0.4, -0.2) is 23.9 Å². The number of piperidine rings is 1. The summed E-state index contributed by atoms with van der Waals surface area (Å²) in [5, 5.41) is 6.91. The van der Waals surface area contributed by atoms with Gasteiger partial charge in [-0.15, -0.1) is 0 Å². The van der Waals surface area contributed by atoms with Gasteiger partial charge in [0.15, 0.2) is 0 Å². The fraction of sp³-hybridized carbons (Fsp3) is 0.320. The molecule has 0 bridgehead atoms. The van der Waals surface area contributed by atoms with Crippen LogP contribution in [0.2, 0.25) is 10.0 Å². The average molecular weight is 439 g/mol. The number of amides is 1. The van der Waals surface area contributed by atoms with E-state index in [1.165, 1.54) is 21.9 Å². The summed E-state index contributed by atoms with van der Waals surface area (Å²) in [5.74, 6) is 0.195. The van der Waals surface area contributed by atoms with Gasteiger partial charge in [0.25, 0.3) is 0 Å². The van der Waals surface area contributed by atoms with Crippen LogP contribution >= 0.6 is 23.2 Å².